The summed E-state index contributed by atoms with van der Waals surface area (Å²) in [5.74, 6) is 0. The molecule has 5 atom stereocenters. The molecule has 0 spiro atoms. The van der Waals surface area contributed by atoms with Crippen LogP contribution in [0.15, 0.2) is 0 Å². The van der Waals surface area contributed by atoms with E-state index in [1.807, 2.05) is 5.09 Å². The van der Waals surface area contributed by atoms with Gasteiger partial charge in [-0.3, -0.25) is 0 Å². The van der Waals surface area contributed by atoms with Gasteiger partial charge in [-0.15, -0.1) is 0 Å². The van der Waals surface area contributed by atoms with Gasteiger partial charge in [0.05, 0.1) is 18.3 Å². The summed E-state index contributed by atoms with van der Waals surface area (Å²) in [5.41, 5.74) is 0. The van der Waals surface area contributed by atoms with E-state index in [2.05, 4.69) is 8.62 Å². The third-order valence-electron chi connectivity index (χ3n) is 2.33. The lowest BCUT2D eigenvalue weighted by Crippen LogP contribution is -2.32. The molecule has 1 saturated heterocycles. The summed E-state index contributed by atoms with van der Waals surface area (Å²) >= 11 is 0. The van der Waals surface area contributed by atoms with Gasteiger partial charge < -0.3 is 29.4 Å². The van der Waals surface area contributed by atoms with Crippen LogP contribution in [0.25, 0.3) is 0 Å². The highest BCUT2D eigenvalue weighted by atomic mass is 31.3. The van der Waals surface area contributed by atoms with Gasteiger partial charge in [0.1, 0.15) is 0 Å². The lowest BCUT2D eigenvalue weighted by Gasteiger charge is -2.19. The van der Waals surface area contributed by atoms with E-state index in [1.54, 1.807) is 6.92 Å². The molecule has 6 N–H and O–H groups in total. The maximum atomic E-state index is 11.5. The van der Waals surface area contributed by atoms with E-state index in [1.165, 1.54) is 0 Å². The fourth-order valence-electron chi connectivity index (χ4n) is 1.64. The highest BCUT2D eigenvalue weighted by molar-refractivity contribution is 7.67. The number of hydrogen-bond acceptors (Lipinski definition) is 7. The number of ether oxygens (including phenoxy) is 1. The first-order valence-corrected chi connectivity index (χ1v) is 10.1. The molecule has 1 rings (SSSR count). The summed E-state index contributed by atoms with van der Waals surface area (Å²) in [5, 5.41) is 11.4. The molecular formula is C6H16NO11P3. The fourth-order valence-corrected chi connectivity index (χ4v) is 4.87. The Balaban J connectivity index is 2.56. The van der Waals surface area contributed by atoms with Crippen molar-refractivity contribution in [2.45, 2.75) is 31.7 Å². The minimum Gasteiger partial charge on any atom is -0.390 e. The van der Waals surface area contributed by atoms with Crippen molar-refractivity contribution in [3.8, 4) is 0 Å². The monoisotopic (exact) mass is 371 g/mol. The van der Waals surface area contributed by atoms with E-state index in [4.69, 9.17) is 19.4 Å². The minimum absolute atomic E-state index is 0.271. The van der Waals surface area contributed by atoms with Crippen molar-refractivity contribution in [2.75, 3.05) is 6.54 Å². The largest absolute Gasteiger partial charge is 0.489 e. The minimum atomic E-state index is -5.47. The summed E-state index contributed by atoms with van der Waals surface area (Å²) in [4.78, 5) is 34.9. The van der Waals surface area contributed by atoms with Crippen LogP contribution in [0.5, 0.6) is 0 Å². The number of hydrogen-bond donors (Lipinski definition) is 6. The van der Waals surface area contributed by atoms with Crippen LogP contribution in [0.4, 0.5) is 0 Å². The number of nitrogens with one attached hydrogen (secondary N) is 1. The second kappa shape index (κ2) is 6.84. The molecule has 0 aromatic heterocycles. The molecule has 0 radical (unpaired) electrons. The Bertz CT molecular complexity index is 504. The SMILES string of the molecule is CC1CC(O)C(CNP(=O)(O)OP(=O)(O)OP(=O)(O)O)O1. The van der Waals surface area contributed by atoms with Gasteiger partial charge in [0.25, 0.3) is 0 Å². The topological polar surface area (TPSA) is 192 Å². The maximum absolute atomic E-state index is 11.5. The van der Waals surface area contributed by atoms with Crippen LogP contribution in [0.1, 0.15) is 13.3 Å². The second-order valence-electron chi connectivity index (χ2n) is 4.29. The van der Waals surface area contributed by atoms with Gasteiger partial charge in [-0.05, 0) is 6.92 Å². The summed E-state index contributed by atoms with van der Waals surface area (Å²) in [6.45, 7) is 1.28. The number of aliphatic hydroxyl groups is 1. The quantitative estimate of drug-likeness (QED) is 0.313. The van der Waals surface area contributed by atoms with E-state index < -0.39 is 42.1 Å². The van der Waals surface area contributed by atoms with Crippen LogP contribution in [0.2, 0.25) is 0 Å². The standard InChI is InChI=1S/C6H16NO11P3/c1-4-2-5(8)6(16-4)3-7-19(9,10)17-21(14,15)18-20(11,12)13/h4-6,8H,2-3H2,1H3,(H,14,15)(H2,7,9,10)(H2,11,12,13). The number of phosphoric acid groups is 2. The van der Waals surface area contributed by atoms with Crippen LogP contribution in [-0.2, 0) is 27.1 Å². The van der Waals surface area contributed by atoms with Crippen molar-refractivity contribution in [3.05, 3.63) is 0 Å². The van der Waals surface area contributed by atoms with Gasteiger partial charge in [-0.25, -0.2) is 18.8 Å². The summed E-state index contributed by atoms with van der Waals surface area (Å²) in [6.07, 6.45) is -1.71. The Morgan fingerprint density at radius 3 is 2.19 bits per heavy atom. The summed E-state index contributed by atoms with van der Waals surface area (Å²) in [7, 11) is -15.8. The predicted octanol–water partition coefficient (Wildman–Crippen LogP) is -0.559. The molecule has 126 valence electrons. The predicted molar refractivity (Wildman–Crippen MR) is 66.8 cm³/mol. The average Bonchev–Trinajstić information content (AvgIpc) is 2.48. The van der Waals surface area contributed by atoms with Crippen molar-refractivity contribution in [3.63, 3.8) is 0 Å². The molecule has 1 aliphatic heterocycles. The average molecular weight is 371 g/mol. The zero-order valence-electron chi connectivity index (χ0n) is 10.7. The van der Waals surface area contributed by atoms with Crippen LogP contribution in [0.3, 0.4) is 0 Å². The van der Waals surface area contributed by atoms with Crippen molar-refractivity contribution in [1.82, 2.24) is 5.09 Å². The molecule has 5 unspecified atom stereocenters. The molecule has 12 nitrogen and oxygen atoms in total. The highest BCUT2D eigenvalue weighted by Gasteiger charge is 2.40. The molecule has 1 aliphatic rings. The smallest absolute Gasteiger partial charge is 0.390 e. The molecule has 0 bridgehead atoms. The number of aliphatic hydroxyl groups excluding tert-OH is 1. The Kier molecular flexibility index (Phi) is 6.31. The lowest BCUT2D eigenvalue weighted by molar-refractivity contribution is 0.0193. The van der Waals surface area contributed by atoms with E-state index in [9.17, 15) is 23.7 Å². The van der Waals surface area contributed by atoms with Gasteiger partial charge in [-0.1, -0.05) is 0 Å². The van der Waals surface area contributed by atoms with E-state index in [0.29, 0.717) is 6.42 Å². The van der Waals surface area contributed by atoms with Crippen LogP contribution in [-0.4, -0.2) is 49.5 Å². The zero-order chi connectivity index (χ0) is 16.5. The third kappa shape index (κ3) is 7.43. The lowest BCUT2D eigenvalue weighted by atomic mass is 10.1. The second-order valence-corrected chi connectivity index (χ2v) is 8.87. The zero-order valence-corrected chi connectivity index (χ0v) is 13.4. The number of rotatable bonds is 7. The van der Waals surface area contributed by atoms with E-state index in [0.717, 1.165) is 0 Å². The molecule has 15 heteroatoms. The van der Waals surface area contributed by atoms with Crippen LogP contribution in [0, 0.1) is 0 Å². The summed E-state index contributed by atoms with van der Waals surface area (Å²) < 4.78 is 45.3. The Morgan fingerprint density at radius 1 is 1.19 bits per heavy atom. The highest BCUT2D eigenvalue weighted by Crippen LogP contribution is 2.64. The van der Waals surface area contributed by atoms with Crippen LogP contribution >= 0.6 is 23.4 Å². The molecule has 1 heterocycles. The Labute approximate surface area is 119 Å². The van der Waals surface area contributed by atoms with Gasteiger partial charge in [0.15, 0.2) is 0 Å². The first-order valence-electron chi connectivity index (χ1n) is 5.52. The van der Waals surface area contributed by atoms with Gasteiger partial charge >= 0.3 is 23.4 Å². The normalized spacial score (nSPS) is 32.6. The van der Waals surface area contributed by atoms with Crippen molar-refractivity contribution < 1.29 is 51.7 Å². The van der Waals surface area contributed by atoms with Crippen molar-refractivity contribution >= 4 is 23.4 Å². The van der Waals surface area contributed by atoms with Crippen molar-refractivity contribution in [2.24, 2.45) is 0 Å². The fraction of sp³-hybridized carbons (Fsp3) is 1.00. The van der Waals surface area contributed by atoms with Gasteiger partial charge in [-0.2, -0.15) is 8.62 Å². The summed E-state index contributed by atoms with van der Waals surface area (Å²) in [6, 6.07) is 0. The van der Waals surface area contributed by atoms with E-state index in [-0.39, 0.29) is 6.10 Å². The van der Waals surface area contributed by atoms with Crippen molar-refractivity contribution in [1.29, 1.82) is 0 Å². The van der Waals surface area contributed by atoms with Crippen LogP contribution < -0.4 is 5.09 Å². The molecule has 21 heavy (non-hydrogen) atoms. The molecule has 0 aliphatic carbocycles. The Hall–Kier alpha value is 0.330. The Morgan fingerprint density at radius 2 is 1.76 bits per heavy atom. The molecular weight excluding hydrogens is 355 g/mol. The molecule has 0 saturated carbocycles. The molecule has 0 amide bonds. The molecule has 0 aromatic carbocycles. The van der Waals surface area contributed by atoms with Gasteiger partial charge in [0.2, 0.25) is 0 Å². The third-order valence-corrected chi connectivity index (χ3v) is 6.29. The maximum Gasteiger partial charge on any atom is 0.489 e. The first kappa shape index (κ1) is 19.4. The van der Waals surface area contributed by atoms with E-state index >= 15 is 0 Å². The van der Waals surface area contributed by atoms with Gasteiger partial charge in [0, 0.05) is 13.0 Å². The molecule has 0 aromatic rings. The first-order chi connectivity index (χ1) is 9.30. The molecule has 1 fully saturated rings.